The number of hydrogen-bond donors (Lipinski definition) is 1. The average molecular weight is 543 g/mol. The molecule has 0 spiro atoms. The topological polar surface area (TPSA) is 105 Å². The normalized spacial score (nSPS) is 10.7. The maximum absolute atomic E-state index is 13.4. The molecule has 1 N–H and O–H groups in total. The lowest BCUT2D eigenvalue weighted by Crippen LogP contribution is -2.16. The molecular weight excluding hydrogens is 519 g/mol. The number of benzene rings is 2. The summed E-state index contributed by atoms with van der Waals surface area (Å²) >= 11 is 2.39. The molecular formula is C25H23FN4O5S2. The van der Waals surface area contributed by atoms with Gasteiger partial charge in [0.1, 0.15) is 16.4 Å². The molecule has 0 saturated heterocycles. The number of thiophene rings is 1. The number of hydrogen-bond acceptors (Lipinski definition) is 9. The number of ether oxygens (including phenoxy) is 3. The maximum atomic E-state index is 13.4. The predicted molar refractivity (Wildman–Crippen MR) is 140 cm³/mol. The molecule has 0 unspecified atom stereocenters. The van der Waals surface area contributed by atoms with Crippen LogP contribution in [0.25, 0.3) is 22.5 Å². The van der Waals surface area contributed by atoms with E-state index in [0.29, 0.717) is 38.6 Å². The van der Waals surface area contributed by atoms with E-state index in [2.05, 4.69) is 15.5 Å². The molecule has 192 valence electrons. The van der Waals surface area contributed by atoms with E-state index in [0.717, 1.165) is 5.56 Å². The molecule has 0 aliphatic heterocycles. The SMILES string of the molecule is COC(=O)c1c(-c2ccc(F)cc2)csc1NC(=O)CSc1nnc(-c2ccc(OC)c(OC)c2)n1C. The second kappa shape index (κ2) is 11.4. The zero-order valence-corrected chi connectivity index (χ0v) is 22.0. The van der Waals surface area contributed by atoms with Crippen LogP contribution < -0.4 is 14.8 Å². The van der Waals surface area contributed by atoms with E-state index in [4.69, 9.17) is 14.2 Å². The van der Waals surface area contributed by atoms with Crippen LogP contribution in [0.2, 0.25) is 0 Å². The summed E-state index contributed by atoms with van der Waals surface area (Å²) in [7, 11) is 6.18. The Labute approximate surface area is 220 Å². The van der Waals surface area contributed by atoms with Gasteiger partial charge in [-0.25, -0.2) is 9.18 Å². The number of carbonyl (C=O) groups is 2. The number of halogens is 1. The van der Waals surface area contributed by atoms with Gasteiger partial charge in [-0.15, -0.1) is 21.5 Å². The van der Waals surface area contributed by atoms with E-state index in [9.17, 15) is 14.0 Å². The first-order valence-corrected chi connectivity index (χ1v) is 12.7. The molecule has 12 heteroatoms. The van der Waals surface area contributed by atoms with Crippen molar-refractivity contribution in [3.05, 3.63) is 59.2 Å². The summed E-state index contributed by atoms with van der Waals surface area (Å²) in [5.41, 5.74) is 2.17. The Morgan fingerprint density at radius 2 is 1.73 bits per heavy atom. The molecule has 0 bridgehead atoms. The third kappa shape index (κ3) is 5.59. The summed E-state index contributed by atoms with van der Waals surface area (Å²) in [6.45, 7) is 0. The van der Waals surface area contributed by atoms with E-state index >= 15 is 0 Å². The van der Waals surface area contributed by atoms with Gasteiger partial charge in [-0.3, -0.25) is 4.79 Å². The lowest BCUT2D eigenvalue weighted by atomic mass is 10.0. The monoisotopic (exact) mass is 542 g/mol. The Hall–Kier alpha value is -3.90. The van der Waals surface area contributed by atoms with E-state index in [-0.39, 0.29) is 23.0 Å². The lowest BCUT2D eigenvalue weighted by molar-refractivity contribution is -0.113. The molecule has 37 heavy (non-hydrogen) atoms. The van der Waals surface area contributed by atoms with Crippen LogP contribution >= 0.6 is 23.1 Å². The first kappa shape index (κ1) is 26.2. The number of nitrogens with zero attached hydrogens (tertiary/aromatic N) is 3. The maximum Gasteiger partial charge on any atom is 0.341 e. The molecule has 4 aromatic rings. The zero-order chi connectivity index (χ0) is 26.5. The van der Waals surface area contributed by atoms with Gasteiger partial charge in [0, 0.05) is 23.6 Å². The van der Waals surface area contributed by atoms with Crippen LogP contribution in [-0.2, 0) is 16.6 Å². The highest BCUT2D eigenvalue weighted by atomic mass is 32.2. The van der Waals surface area contributed by atoms with Crippen molar-refractivity contribution >= 4 is 40.0 Å². The van der Waals surface area contributed by atoms with Crippen LogP contribution in [0.5, 0.6) is 11.5 Å². The molecule has 2 aromatic heterocycles. The van der Waals surface area contributed by atoms with Gasteiger partial charge in [0.25, 0.3) is 0 Å². The molecule has 2 heterocycles. The van der Waals surface area contributed by atoms with Crippen molar-refractivity contribution in [3.8, 4) is 34.0 Å². The summed E-state index contributed by atoms with van der Waals surface area (Å²) in [6.07, 6.45) is 0. The lowest BCUT2D eigenvalue weighted by Gasteiger charge is -2.10. The summed E-state index contributed by atoms with van der Waals surface area (Å²) in [5.74, 6) is 0.467. The highest BCUT2D eigenvalue weighted by Crippen LogP contribution is 2.37. The van der Waals surface area contributed by atoms with Gasteiger partial charge in [0.05, 0.1) is 27.1 Å². The van der Waals surface area contributed by atoms with Crippen LogP contribution in [0.3, 0.4) is 0 Å². The van der Waals surface area contributed by atoms with Gasteiger partial charge in [-0.1, -0.05) is 23.9 Å². The molecule has 0 fully saturated rings. The number of carbonyl (C=O) groups excluding carboxylic acids is 2. The summed E-state index contributed by atoms with van der Waals surface area (Å²) in [6, 6.07) is 11.2. The smallest absolute Gasteiger partial charge is 0.341 e. The number of nitrogens with one attached hydrogen (secondary N) is 1. The van der Waals surface area contributed by atoms with Crippen LogP contribution in [0.15, 0.2) is 53.0 Å². The molecule has 0 radical (unpaired) electrons. The van der Waals surface area contributed by atoms with Crippen LogP contribution in [0, 0.1) is 5.82 Å². The van der Waals surface area contributed by atoms with Gasteiger partial charge in [0.15, 0.2) is 22.5 Å². The molecule has 0 aliphatic rings. The Kier molecular flexibility index (Phi) is 8.09. The number of anilines is 1. The third-order valence-corrected chi connectivity index (χ3v) is 7.31. The second-order valence-electron chi connectivity index (χ2n) is 7.62. The Balaban J connectivity index is 1.48. The average Bonchev–Trinajstić information content (AvgIpc) is 3.50. The van der Waals surface area contributed by atoms with Crippen molar-refractivity contribution in [2.75, 3.05) is 32.4 Å². The standard InChI is InChI=1S/C25H23FN4O5S2/c1-30-22(15-7-10-18(33-2)19(11-15)34-3)28-29-25(30)37-13-20(31)27-23-21(24(32)35-4)17(12-36-23)14-5-8-16(26)9-6-14/h5-12H,13H2,1-4H3,(H,27,31). The Bertz CT molecular complexity index is 1440. The fraction of sp³-hybridized carbons (Fsp3) is 0.200. The minimum Gasteiger partial charge on any atom is -0.493 e. The summed E-state index contributed by atoms with van der Waals surface area (Å²) in [4.78, 5) is 25.3. The van der Waals surface area contributed by atoms with E-state index in [1.807, 2.05) is 6.07 Å². The highest BCUT2D eigenvalue weighted by Gasteiger charge is 2.23. The number of rotatable bonds is 9. The molecule has 1 amide bonds. The third-order valence-electron chi connectivity index (χ3n) is 5.40. The van der Waals surface area contributed by atoms with E-state index < -0.39 is 5.97 Å². The summed E-state index contributed by atoms with van der Waals surface area (Å²) in [5, 5.41) is 13.8. The second-order valence-corrected chi connectivity index (χ2v) is 9.45. The van der Waals surface area contributed by atoms with Crippen molar-refractivity contribution in [3.63, 3.8) is 0 Å². The van der Waals surface area contributed by atoms with Crippen molar-refractivity contribution < 1.29 is 28.2 Å². The number of thioether (sulfide) groups is 1. The fourth-order valence-electron chi connectivity index (χ4n) is 3.56. The molecule has 0 saturated carbocycles. The van der Waals surface area contributed by atoms with Crippen molar-refractivity contribution in [1.29, 1.82) is 0 Å². The molecule has 0 aliphatic carbocycles. The number of esters is 1. The van der Waals surface area contributed by atoms with Crippen molar-refractivity contribution in [2.45, 2.75) is 5.16 Å². The van der Waals surface area contributed by atoms with Crippen molar-refractivity contribution in [2.24, 2.45) is 7.05 Å². The van der Waals surface area contributed by atoms with Gasteiger partial charge in [-0.2, -0.15) is 0 Å². The van der Waals surface area contributed by atoms with E-state index in [1.165, 1.54) is 42.3 Å². The minimum atomic E-state index is -0.601. The first-order valence-electron chi connectivity index (χ1n) is 10.9. The van der Waals surface area contributed by atoms with Crippen LogP contribution in [0.4, 0.5) is 9.39 Å². The Morgan fingerprint density at radius 1 is 1.03 bits per heavy atom. The van der Waals surface area contributed by atoms with Gasteiger partial charge >= 0.3 is 5.97 Å². The highest BCUT2D eigenvalue weighted by molar-refractivity contribution is 7.99. The van der Waals surface area contributed by atoms with Gasteiger partial charge in [0.2, 0.25) is 5.91 Å². The minimum absolute atomic E-state index is 0.0301. The Morgan fingerprint density at radius 3 is 2.41 bits per heavy atom. The van der Waals surface area contributed by atoms with Gasteiger partial charge < -0.3 is 24.1 Å². The number of amides is 1. The quantitative estimate of drug-likeness (QED) is 0.236. The summed E-state index contributed by atoms with van der Waals surface area (Å²) < 4.78 is 30.7. The van der Waals surface area contributed by atoms with Crippen molar-refractivity contribution in [1.82, 2.24) is 14.8 Å². The molecule has 2 aromatic carbocycles. The number of methoxy groups -OCH3 is 3. The van der Waals surface area contributed by atoms with Crippen LogP contribution in [0.1, 0.15) is 10.4 Å². The predicted octanol–water partition coefficient (Wildman–Crippen LogP) is 4.88. The van der Waals surface area contributed by atoms with Crippen LogP contribution in [-0.4, -0.2) is 53.7 Å². The first-order chi connectivity index (χ1) is 17.9. The van der Waals surface area contributed by atoms with E-state index in [1.54, 1.807) is 55.5 Å². The fourth-order valence-corrected chi connectivity index (χ4v) is 5.24. The largest absolute Gasteiger partial charge is 0.493 e. The molecule has 9 nitrogen and oxygen atoms in total. The molecule has 0 atom stereocenters. The number of aromatic nitrogens is 3. The zero-order valence-electron chi connectivity index (χ0n) is 20.4. The molecule has 4 rings (SSSR count). The van der Waals surface area contributed by atoms with Gasteiger partial charge in [-0.05, 0) is 35.9 Å².